The Morgan fingerprint density at radius 1 is 1.26 bits per heavy atom. The van der Waals surface area contributed by atoms with Crippen LogP contribution in [0.25, 0.3) is 11.4 Å². The van der Waals surface area contributed by atoms with Gasteiger partial charge in [0.15, 0.2) is 0 Å². The second kappa shape index (κ2) is 9.70. The number of carbonyl (C=O) groups is 1. The minimum Gasteiger partial charge on any atom is -0.496 e. The van der Waals surface area contributed by atoms with Gasteiger partial charge >= 0.3 is 0 Å². The Kier molecular flexibility index (Phi) is 6.57. The van der Waals surface area contributed by atoms with Crippen LogP contribution in [0.4, 0.5) is 4.39 Å². The highest BCUT2D eigenvalue weighted by Crippen LogP contribution is 2.22. The van der Waals surface area contributed by atoms with E-state index in [-0.39, 0.29) is 17.6 Å². The molecule has 0 radical (unpaired) electrons. The summed E-state index contributed by atoms with van der Waals surface area (Å²) in [7, 11) is 1.62. The zero-order valence-electron chi connectivity index (χ0n) is 17.4. The first kappa shape index (κ1) is 21.0. The number of halogens is 1. The molecule has 0 bridgehead atoms. The number of amides is 1. The van der Waals surface area contributed by atoms with Crippen LogP contribution in [0.3, 0.4) is 0 Å². The second-order valence-electron chi connectivity index (χ2n) is 7.62. The van der Waals surface area contributed by atoms with Gasteiger partial charge in [-0.05, 0) is 49.7 Å². The molecule has 162 valence electrons. The maximum Gasteiger partial charge on any atom is 0.241 e. The van der Waals surface area contributed by atoms with Gasteiger partial charge in [-0.25, -0.2) is 4.39 Å². The molecule has 1 aliphatic rings. The van der Waals surface area contributed by atoms with E-state index in [0.29, 0.717) is 36.9 Å². The zero-order chi connectivity index (χ0) is 21.6. The normalized spacial score (nSPS) is 16.8. The number of carbonyl (C=O) groups excluding carboxylic acids is 1. The van der Waals surface area contributed by atoms with Crippen molar-refractivity contribution in [1.82, 2.24) is 20.4 Å². The van der Waals surface area contributed by atoms with E-state index < -0.39 is 0 Å². The van der Waals surface area contributed by atoms with Gasteiger partial charge in [-0.2, -0.15) is 4.98 Å². The first-order valence-electron chi connectivity index (χ1n) is 10.3. The van der Waals surface area contributed by atoms with E-state index in [0.717, 1.165) is 30.7 Å². The average molecular weight is 424 g/mol. The number of rotatable bonds is 7. The van der Waals surface area contributed by atoms with Gasteiger partial charge in [0.05, 0.1) is 19.6 Å². The maximum absolute atomic E-state index is 13.1. The Labute approximate surface area is 180 Å². The Hall–Kier alpha value is -3.26. The molecule has 1 unspecified atom stereocenters. The Balaban J connectivity index is 1.32. The van der Waals surface area contributed by atoms with Crippen molar-refractivity contribution in [2.45, 2.75) is 25.9 Å². The topological polar surface area (TPSA) is 80.5 Å². The highest BCUT2D eigenvalue weighted by molar-refractivity contribution is 5.79. The standard InChI is InChI=1S/C23H25FN4O3/c1-30-20-7-3-2-5-17(20)13-25-23(29)18-6-4-12-28(14-18)15-21-26-22(27-31-21)16-8-10-19(24)11-9-16/h2-3,5,7-11,18H,4,6,12-15H2,1H3,(H,25,29). The molecule has 1 aromatic heterocycles. The Bertz CT molecular complexity index is 1020. The number of likely N-dealkylation sites (tertiary alicyclic amines) is 1. The van der Waals surface area contributed by atoms with Gasteiger partial charge in [0.25, 0.3) is 0 Å². The molecular formula is C23H25FN4O3. The van der Waals surface area contributed by atoms with Crippen molar-refractivity contribution in [3.63, 3.8) is 0 Å². The predicted octanol–water partition coefficient (Wildman–Crippen LogP) is 3.41. The largest absolute Gasteiger partial charge is 0.496 e. The van der Waals surface area contributed by atoms with Crippen molar-refractivity contribution in [1.29, 1.82) is 0 Å². The quantitative estimate of drug-likeness (QED) is 0.626. The van der Waals surface area contributed by atoms with Crippen LogP contribution in [0.2, 0.25) is 0 Å². The first-order valence-corrected chi connectivity index (χ1v) is 10.3. The summed E-state index contributed by atoms with van der Waals surface area (Å²) in [6, 6.07) is 13.6. The summed E-state index contributed by atoms with van der Waals surface area (Å²) in [5.41, 5.74) is 1.65. The summed E-state index contributed by atoms with van der Waals surface area (Å²) in [5.74, 6) is 1.31. The van der Waals surface area contributed by atoms with Crippen LogP contribution in [-0.2, 0) is 17.9 Å². The number of ether oxygens (including phenoxy) is 1. The van der Waals surface area contributed by atoms with Crippen LogP contribution in [0.1, 0.15) is 24.3 Å². The lowest BCUT2D eigenvalue weighted by Gasteiger charge is -2.30. The van der Waals surface area contributed by atoms with Gasteiger partial charge in [-0.15, -0.1) is 0 Å². The molecule has 8 heteroatoms. The van der Waals surface area contributed by atoms with Gasteiger partial charge in [0.2, 0.25) is 17.6 Å². The van der Waals surface area contributed by atoms with Crippen molar-refractivity contribution in [3.05, 3.63) is 65.8 Å². The molecule has 2 aromatic carbocycles. The summed E-state index contributed by atoms with van der Waals surface area (Å²) in [6.07, 6.45) is 1.77. The maximum atomic E-state index is 13.1. The van der Waals surface area contributed by atoms with E-state index in [1.165, 1.54) is 12.1 Å². The van der Waals surface area contributed by atoms with Gasteiger partial charge < -0.3 is 14.6 Å². The Morgan fingerprint density at radius 3 is 2.87 bits per heavy atom. The van der Waals surface area contributed by atoms with Gasteiger partial charge in [0.1, 0.15) is 11.6 Å². The molecule has 3 aromatic rings. The lowest BCUT2D eigenvalue weighted by molar-refractivity contribution is -0.127. The van der Waals surface area contributed by atoms with Gasteiger partial charge in [-0.1, -0.05) is 23.4 Å². The number of hydrogen-bond donors (Lipinski definition) is 1. The molecule has 1 N–H and O–H groups in total. The fourth-order valence-electron chi connectivity index (χ4n) is 3.82. The van der Waals surface area contributed by atoms with Crippen LogP contribution < -0.4 is 10.1 Å². The predicted molar refractivity (Wildman–Crippen MR) is 113 cm³/mol. The van der Waals surface area contributed by atoms with Crippen molar-refractivity contribution >= 4 is 5.91 Å². The van der Waals surface area contributed by atoms with E-state index in [1.54, 1.807) is 19.2 Å². The first-order chi connectivity index (χ1) is 15.1. The molecule has 0 aliphatic carbocycles. The molecule has 1 fully saturated rings. The highest BCUT2D eigenvalue weighted by atomic mass is 19.1. The second-order valence-corrected chi connectivity index (χ2v) is 7.62. The number of para-hydroxylation sites is 1. The minimum atomic E-state index is -0.309. The molecule has 1 saturated heterocycles. The summed E-state index contributed by atoms with van der Waals surface area (Å²) in [6.45, 7) is 2.41. The number of piperidine rings is 1. The summed E-state index contributed by atoms with van der Waals surface area (Å²) in [4.78, 5) is 19.3. The monoisotopic (exact) mass is 424 g/mol. The number of nitrogens with one attached hydrogen (secondary N) is 1. The number of nitrogens with zero attached hydrogens (tertiary/aromatic N) is 3. The third-order valence-corrected chi connectivity index (χ3v) is 5.45. The number of methoxy groups -OCH3 is 1. The zero-order valence-corrected chi connectivity index (χ0v) is 17.4. The molecule has 0 saturated carbocycles. The molecule has 7 nitrogen and oxygen atoms in total. The van der Waals surface area contributed by atoms with Crippen LogP contribution >= 0.6 is 0 Å². The Morgan fingerprint density at radius 2 is 2.06 bits per heavy atom. The van der Waals surface area contributed by atoms with Gasteiger partial charge in [0, 0.05) is 24.2 Å². The molecule has 2 heterocycles. The van der Waals surface area contributed by atoms with E-state index >= 15 is 0 Å². The fourth-order valence-corrected chi connectivity index (χ4v) is 3.82. The van der Waals surface area contributed by atoms with E-state index in [4.69, 9.17) is 9.26 Å². The van der Waals surface area contributed by atoms with E-state index in [1.807, 2.05) is 24.3 Å². The highest BCUT2D eigenvalue weighted by Gasteiger charge is 2.27. The van der Waals surface area contributed by atoms with Crippen LogP contribution in [-0.4, -0.2) is 41.1 Å². The van der Waals surface area contributed by atoms with Gasteiger partial charge in [-0.3, -0.25) is 9.69 Å². The number of hydrogen-bond acceptors (Lipinski definition) is 6. The lowest BCUT2D eigenvalue weighted by atomic mass is 9.97. The summed E-state index contributed by atoms with van der Waals surface area (Å²) >= 11 is 0. The van der Waals surface area contributed by atoms with Crippen molar-refractivity contribution in [2.24, 2.45) is 5.92 Å². The molecule has 1 aliphatic heterocycles. The molecule has 1 amide bonds. The van der Waals surface area contributed by atoms with Crippen LogP contribution in [0, 0.1) is 11.7 Å². The lowest BCUT2D eigenvalue weighted by Crippen LogP contribution is -2.42. The smallest absolute Gasteiger partial charge is 0.241 e. The third kappa shape index (κ3) is 5.27. The molecular weight excluding hydrogens is 399 g/mol. The van der Waals surface area contributed by atoms with Crippen molar-refractivity contribution in [2.75, 3.05) is 20.2 Å². The van der Waals surface area contributed by atoms with E-state index in [9.17, 15) is 9.18 Å². The van der Waals surface area contributed by atoms with E-state index in [2.05, 4.69) is 20.4 Å². The van der Waals surface area contributed by atoms with Crippen LogP contribution in [0.5, 0.6) is 5.75 Å². The van der Waals surface area contributed by atoms with Crippen molar-refractivity contribution < 1.29 is 18.4 Å². The minimum absolute atomic E-state index is 0.0353. The number of benzene rings is 2. The molecule has 1 atom stereocenters. The number of aromatic nitrogens is 2. The molecule has 31 heavy (non-hydrogen) atoms. The molecule has 4 rings (SSSR count). The van der Waals surface area contributed by atoms with Crippen molar-refractivity contribution in [3.8, 4) is 17.1 Å². The summed E-state index contributed by atoms with van der Waals surface area (Å²) < 4.78 is 23.8. The third-order valence-electron chi connectivity index (χ3n) is 5.45. The summed E-state index contributed by atoms with van der Waals surface area (Å²) in [5, 5.41) is 7.02. The molecule has 0 spiro atoms. The van der Waals surface area contributed by atoms with Crippen LogP contribution in [0.15, 0.2) is 53.1 Å². The fraction of sp³-hybridized carbons (Fsp3) is 0.348. The SMILES string of the molecule is COc1ccccc1CNC(=O)C1CCCN(Cc2nc(-c3ccc(F)cc3)no2)C1. The average Bonchev–Trinajstić information content (AvgIpc) is 3.26.